The average Bonchev–Trinajstić information content (AvgIpc) is 2.81. The highest BCUT2D eigenvalue weighted by molar-refractivity contribution is 5.94. The normalized spacial score (nSPS) is 13.2. The third-order valence-corrected chi connectivity index (χ3v) is 5.20. The zero-order chi connectivity index (χ0) is 25.7. The van der Waals surface area contributed by atoms with Gasteiger partial charge in [-0.15, -0.1) is 0 Å². The lowest BCUT2D eigenvalue weighted by Gasteiger charge is -2.29. The summed E-state index contributed by atoms with van der Waals surface area (Å²) < 4.78 is 21.7. The lowest BCUT2D eigenvalue weighted by atomic mass is 10.0. The van der Waals surface area contributed by atoms with E-state index >= 15 is 0 Å². The first-order chi connectivity index (χ1) is 16.7. The van der Waals surface area contributed by atoms with Gasteiger partial charge in [0.1, 0.15) is 18.0 Å². The van der Waals surface area contributed by atoms with Crippen LogP contribution in [0.15, 0.2) is 18.2 Å². The van der Waals surface area contributed by atoms with Gasteiger partial charge in [-0.25, -0.2) is 4.79 Å². The van der Waals surface area contributed by atoms with Gasteiger partial charge in [0.05, 0.1) is 19.8 Å². The molecule has 0 atom stereocenters. The predicted molar refractivity (Wildman–Crippen MR) is 133 cm³/mol. The van der Waals surface area contributed by atoms with E-state index in [0.717, 1.165) is 30.6 Å². The Balaban J connectivity index is 1.52. The Kier molecular flexibility index (Phi) is 12.0. The zero-order valence-corrected chi connectivity index (χ0v) is 21.5. The van der Waals surface area contributed by atoms with Gasteiger partial charge in [-0.1, -0.05) is 6.92 Å². The van der Waals surface area contributed by atoms with Crippen LogP contribution >= 0.6 is 0 Å². The molecule has 0 radical (unpaired) electrons. The van der Waals surface area contributed by atoms with Crippen molar-refractivity contribution in [3.05, 3.63) is 23.8 Å². The number of ketones is 1. The van der Waals surface area contributed by atoms with Crippen molar-refractivity contribution in [2.75, 3.05) is 51.0 Å². The van der Waals surface area contributed by atoms with Crippen LogP contribution in [0, 0.1) is 0 Å². The number of rotatable bonds is 14. The summed E-state index contributed by atoms with van der Waals surface area (Å²) in [5.41, 5.74) is 1.51. The number of hydrogen-bond acceptors (Lipinski definition) is 7. The number of alkyl carbamates (subject to hydrolysis) is 1. The molecule has 1 aliphatic heterocycles. The molecule has 1 aliphatic rings. The maximum Gasteiger partial charge on any atom is 0.407 e. The number of carbonyl (C=O) groups is 3. The molecule has 1 aromatic carbocycles. The van der Waals surface area contributed by atoms with Crippen molar-refractivity contribution in [2.24, 2.45) is 0 Å². The predicted octanol–water partition coefficient (Wildman–Crippen LogP) is 3.66. The van der Waals surface area contributed by atoms with E-state index in [-0.39, 0.29) is 18.3 Å². The second-order valence-corrected chi connectivity index (χ2v) is 9.38. The van der Waals surface area contributed by atoms with E-state index in [9.17, 15) is 14.4 Å². The van der Waals surface area contributed by atoms with Crippen molar-refractivity contribution in [2.45, 2.75) is 65.4 Å². The summed E-state index contributed by atoms with van der Waals surface area (Å²) in [7, 11) is 0. The molecule has 0 saturated carbocycles. The van der Waals surface area contributed by atoms with Crippen molar-refractivity contribution in [1.29, 1.82) is 0 Å². The maximum atomic E-state index is 12.1. The Bertz CT molecular complexity index is 835. The third kappa shape index (κ3) is 11.1. The summed E-state index contributed by atoms with van der Waals surface area (Å²) in [5, 5.41) is 2.62. The molecular formula is C26H40N2O7. The summed E-state index contributed by atoms with van der Waals surface area (Å²) >= 11 is 0. The third-order valence-electron chi connectivity index (χ3n) is 5.20. The minimum Gasteiger partial charge on any atom is -0.486 e. The van der Waals surface area contributed by atoms with Crippen LogP contribution in [0.1, 0.15) is 58.9 Å². The quantitative estimate of drug-likeness (QED) is 0.395. The van der Waals surface area contributed by atoms with Crippen LogP contribution in [0.3, 0.4) is 0 Å². The van der Waals surface area contributed by atoms with E-state index < -0.39 is 11.7 Å². The van der Waals surface area contributed by atoms with Crippen LogP contribution < -0.4 is 15.0 Å². The molecule has 35 heavy (non-hydrogen) atoms. The van der Waals surface area contributed by atoms with Crippen molar-refractivity contribution >= 4 is 23.5 Å². The Morgan fingerprint density at radius 1 is 1.06 bits per heavy atom. The van der Waals surface area contributed by atoms with Crippen molar-refractivity contribution in [1.82, 2.24) is 5.32 Å². The van der Waals surface area contributed by atoms with Crippen LogP contribution in [0.2, 0.25) is 0 Å². The van der Waals surface area contributed by atoms with Crippen molar-refractivity contribution in [3.8, 4) is 5.75 Å². The molecule has 0 aromatic heterocycles. The molecule has 1 heterocycles. The topological polar surface area (TPSA) is 103 Å². The lowest BCUT2D eigenvalue weighted by molar-refractivity contribution is -0.121. The molecule has 0 fully saturated rings. The number of fused-ring (bicyclic) bond motifs is 1. The minimum atomic E-state index is -0.521. The van der Waals surface area contributed by atoms with Gasteiger partial charge in [0, 0.05) is 38.2 Å². The minimum absolute atomic E-state index is 0.0126. The van der Waals surface area contributed by atoms with Gasteiger partial charge in [-0.05, 0) is 63.8 Å². The molecule has 0 bridgehead atoms. The number of benzene rings is 1. The van der Waals surface area contributed by atoms with Gasteiger partial charge >= 0.3 is 6.09 Å². The monoisotopic (exact) mass is 492 g/mol. The second-order valence-electron chi connectivity index (χ2n) is 9.38. The Labute approximate surface area is 208 Å². The maximum absolute atomic E-state index is 12.1. The van der Waals surface area contributed by atoms with E-state index in [1.807, 2.05) is 50.8 Å². The SMILES string of the molecule is CCC(=O)N1CCCc2cc(OCC(=O)CCCOCCOCCNC(=O)OC(C)(C)C)ccc21. The van der Waals surface area contributed by atoms with Crippen LogP contribution in [0.5, 0.6) is 5.75 Å². The van der Waals surface area contributed by atoms with Crippen molar-refractivity contribution in [3.63, 3.8) is 0 Å². The molecule has 1 aromatic rings. The van der Waals surface area contributed by atoms with Crippen LogP contribution in [-0.2, 0) is 30.2 Å². The smallest absolute Gasteiger partial charge is 0.407 e. The highest BCUT2D eigenvalue weighted by atomic mass is 16.6. The molecular weight excluding hydrogens is 452 g/mol. The molecule has 0 aliphatic carbocycles. The summed E-state index contributed by atoms with van der Waals surface area (Å²) in [5.74, 6) is 0.787. The van der Waals surface area contributed by atoms with E-state index in [1.165, 1.54) is 0 Å². The fourth-order valence-corrected chi connectivity index (χ4v) is 3.58. The largest absolute Gasteiger partial charge is 0.486 e. The number of hydrogen-bond donors (Lipinski definition) is 1. The number of ether oxygens (including phenoxy) is 4. The average molecular weight is 493 g/mol. The zero-order valence-electron chi connectivity index (χ0n) is 21.5. The first-order valence-corrected chi connectivity index (χ1v) is 12.4. The van der Waals surface area contributed by atoms with Crippen LogP contribution in [0.4, 0.5) is 10.5 Å². The number of carbonyl (C=O) groups excluding carboxylic acids is 3. The number of Topliss-reactive ketones (excluding diaryl/α,β-unsaturated/α-hetero) is 1. The lowest BCUT2D eigenvalue weighted by Crippen LogP contribution is -2.34. The summed E-state index contributed by atoms with van der Waals surface area (Å²) in [6.45, 7) is 10.1. The molecule has 2 amide bonds. The number of amides is 2. The van der Waals surface area contributed by atoms with E-state index in [2.05, 4.69) is 5.32 Å². The summed E-state index contributed by atoms with van der Waals surface area (Å²) in [6, 6.07) is 5.66. The molecule has 0 spiro atoms. The van der Waals surface area contributed by atoms with E-state index in [4.69, 9.17) is 18.9 Å². The number of nitrogens with zero attached hydrogens (tertiary/aromatic N) is 1. The van der Waals surface area contributed by atoms with Gasteiger partial charge in [0.15, 0.2) is 5.78 Å². The van der Waals surface area contributed by atoms with Crippen LogP contribution in [0.25, 0.3) is 0 Å². The van der Waals surface area contributed by atoms with Gasteiger partial charge < -0.3 is 29.2 Å². The highest BCUT2D eigenvalue weighted by Crippen LogP contribution is 2.31. The number of anilines is 1. The molecule has 196 valence electrons. The molecule has 9 nitrogen and oxygen atoms in total. The van der Waals surface area contributed by atoms with Gasteiger partial charge in [-0.3, -0.25) is 9.59 Å². The first kappa shape index (κ1) is 28.6. The van der Waals surface area contributed by atoms with Gasteiger partial charge in [0.2, 0.25) is 5.91 Å². The molecule has 0 saturated heterocycles. The van der Waals surface area contributed by atoms with Gasteiger partial charge in [-0.2, -0.15) is 0 Å². The first-order valence-electron chi connectivity index (χ1n) is 12.4. The molecule has 0 unspecified atom stereocenters. The second kappa shape index (κ2) is 14.7. The Morgan fingerprint density at radius 2 is 1.80 bits per heavy atom. The number of nitrogens with one attached hydrogen (secondary N) is 1. The molecule has 9 heteroatoms. The summed E-state index contributed by atoms with van der Waals surface area (Å²) in [6.07, 6.45) is 2.83. The van der Waals surface area contributed by atoms with E-state index in [1.54, 1.807) is 0 Å². The fourth-order valence-electron chi connectivity index (χ4n) is 3.58. The highest BCUT2D eigenvalue weighted by Gasteiger charge is 2.21. The number of aryl methyl sites for hydroxylation is 1. The van der Waals surface area contributed by atoms with Crippen molar-refractivity contribution < 1.29 is 33.3 Å². The van der Waals surface area contributed by atoms with Gasteiger partial charge in [0.25, 0.3) is 0 Å². The molecule has 1 N–H and O–H groups in total. The fraction of sp³-hybridized carbons (Fsp3) is 0.654. The Hall–Kier alpha value is -2.65. The molecule has 2 rings (SSSR count). The Morgan fingerprint density at radius 3 is 2.51 bits per heavy atom. The summed E-state index contributed by atoms with van der Waals surface area (Å²) in [4.78, 5) is 37.6. The van der Waals surface area contributed by atoms with Crippen LogP contribution in [-0.4, -0.2) is 69.5 Å². The van der Waals surface area contributed by atoms with E-state index in [0.29, 0.717) is 58.0 Å². The standard InChI is InChI=1S/C26H40N2O7/c1-5-24(30)28-13-6-8-20-18-22(10-11-23(20)28)34-19-21(29)9-7-14-32-16-17-33-15-12-27-25(31)35-26(2,3)4/h10-11,18H,5-9,12-17,19H2,1-4H3,(H,27,31).